The zero-order chi connectivity index (χ0) is 14.6. The van der Waals surface area contributed by atoms with Crippen LogP contribution in [0, 0.1) is 5.92 Å². The number of amides is 1. The summed E-state index contributed by atoms with van der Waals surface area (Å²) in [5.41, 5.74) is -0.129. The second-order valence-electron chi connectivity index (χ2n) is 5.99. The number of rotatable bonds is 6. The number of nitrogens with one attached hydrogen (secondary N) is 1. The molecular weight excluding hydrogens is 254 g/mol. The predicted octanol–water partition coefficient (Wildman–Crippen LogP) is 2.37. The van der Waals surface area contributed by atoms with Crippen LogP contribution in [0.1, 0.15) is 43.5 Å². The molecule has 110 valence electrons. The van der Waals surface area contributed by atoms with Crippen LogP contribution in [0.2, 0.25) is 0 Å². The molecule has 0 spiro atoms. The fourth-order valence-electron chi connectivity index (χ4n) is 2.10. The lowest BCUT2D eigenvalue weighted by atomic mass is 9.80. The van der Waals surface area contributed by atoms with Crippen LogP contribution >= 0.6 is 0 Å². The summed E-state index contributed by atoms with van der Waals surface area (Å²) in [7, 11) is 0. The third kappa shape index (κ3) is 3.97. The Balaban J connectivity index is 1.90. The van der Waals surface area contributed by atoms with E-state index in [0.29, 0.717) is 30.4 Å². The highest BCUT2D eigenvalue weighted by Gasteiger charge is 2.34. The average molecular weight is 277 g/mol. The van der Waals surface area contributed by atoms with Gasteiger partial charge in [0.2, 0.25) is 0 Å². The third-order valence-electron chi connectivity index (χ3n) is 3.54. The van der Waals surface area contributed by atoms with Gasteiger partial charge < -0.3 is 15.2 Å². The molecule has 4 nitrogen and oxygen atoms in total. The molecule has 0 heterocycles. The Bertz CT molecular complexity index is 467. The van der Waals surface area contributed by atoms with Crippen LogP contribution in [0.5, 0.6) is 5.75 Å². The largest absolute Gasteiger partial charge is 0.493 e. The summed E-state index contributed by atoms with van der Waals surface area (Å²) in [4.78, 5) is 12.0. The first-order valence-electron chi connectivity index (χ1n) is 7.22. The van der Waals surface area contributed by atoms with Gasteiger partial charge in [0, 0.05) is 12.1 Å². The third-order valence-corrected chi connectivity index (χ3v) is 3.54. The summed E-state index contributed by atoms with van der Waals surface area (Å²) < 4.78 is 5.61. The minimum absolute atomic E-state index is 0.166. The molecule has 1 saturated carbocycles. The molecule has 1 aromatic rings. The highest BCUT2D eigenvalue weighted by Crippen LogP contribution is 2.30. The van der Waals surface area contributed by atoms with Crippen LogP contribution in [-0.2, 0) is 0 Å². The van der Waals surface area contributed by atoms with Crippen molar-refractivity contribution in [3.63, 3.8) is 0 Å². The molecule has 2 N–H and O–H groups in total. The van der Waals surface area contributed by atoms with Crippen molar-refractivity contribution in [3.8, 4) is 5.75 Å². The van der Waals surface area contributed by atoms with E-state index in [0.717, 1.165) is 19.3 Å². The summed E-state index contributed by atoms with van der Waals surface area (Å²) in [5, 5.41) is 12.8. The van der Waals surface area contributed by atoms with Gasteiger partial charge in [-0.05, 0) is 43.4 Å². The summed E-state index contributed by atoms with van der Waals surface area (Å²) in [5.74, 6) is 0.981. The lowest BCUT2D eigenvalue weighted by Gasteiger charge is -2.36. The van der Waals surface area contributed by atoms with Gasteiger partial charge in [-0.3, -0.25) is 4.79 Å². The Kier molecular flexibility index (Phi) is 4.65. The van der Waals surface area contributed by atoms with Crippen LogP contribution < -0.4 is 10.1 Å². The van der Waals surface area contributed by atoms with Gasteiger partial charge in [-0.2, -0.15) is 0 Å². The molecule has 0 saturated heterocycles. The summed E-state index contributed by atoms with van der Waals surface area (Å²) >= 11 is 0. The van der Waals surface area contributed by atoms with Crippen LogP contribution in [-0.4, -0.2) is 29.8 Å². The Hall–Kier alpha value is -1.55. The monoisotopic (exact) mass is 277 g/mol. The second-order valence-corrected chi connectivity index (χ2v) is 5.99. The molecule has 4 heteroatoms. The average Bonchev–Trinajstić information content (AvgIpc) is 2.40. The van der Waals surface area contributed by atoms with Gasteiger partial charge in [0.15, 0.2) is 0 Å². The second kappa shape index (κ2) is 6.27. The van der Waals surface area contributed by atoms with E-state index in [4.69, 9.17) is 4.74 Å². The standard InChI is InChI=1S/C16H23NO3/c1-12(2)10-20-14-6-3-5-13(9-14)15(18)17-11-16(19)7-4-8-16/h3,5-6,9,12,19H,4,7-8,10-11H2,1-2H3,(H,17,18). The zero-order valence-corrected chi connectivity index (χ0v) is 12.2. The maximum atomic E-state index is 12.0. The van der Waals surface area contributed by atoms with Crippen molar-refractivity contribution < 1.29 is 14.6 Å². The van der Waals surface area contributed by atoms with E-state index in [2.05, 4.69) is 19.2 Å². The minimum atomic E-state index is -0.693. The van der Waals surface area contributed by atoms with E-state index < -0.39 is 5.60 Å². The lowest BCUT2D eigenvalue weighted by molar-refractivity contribution is -0.0300. The van der Waals surface area contributed by atoms with E-state index in [1.54, 1.807) is 12.1 Å². The van der Waals surface area contributed by atoms with E-state index in [1.807, 2.05) is 12.1 Å². The minimum Gasteiger partial charge on any atom is -0.493 e. The van der Waals surface area contributed by atoms with Crippen molar-refractivity contribution >= 4 is 5.91 Å². The number of carbonyl (C=O) groups is 1. The first kappa shape index (κ1) is 14.9. The predicted molar refractivity (Wildman–Crippen MR) is 77.9 cm³/mol. The first-order valence-corrected chi connectivity index (χ1v) is 7.22. The summed E-state index contributed by atoms with van der Waals surface area (Å²) in [6, 6.07) is 7.15. The fraction of sp³-hybridized carbons (Fsp3) is 0.562. The van der Waals surface area contributed by atoms with E-state index >= 15 is 0 Å². The number of hydrogen-bond donors (Lipinski definition) is 2. The molecule has 0 bridgehead atoms. The van der Waals surface area contributed by atoms with Crippen LogP contribution in [0.25, 0.3) is 0 Å². The molecule has 0 aliphatic heterocycles. The van der Waals surface area contributed by atoms with Gasteiger partial charge in [-0.1, -0.05) is 19.9 Å². The summed E-state index contributed by atoms with van der Waals surface area (Å²) in [6.45, 7) is 5.11. The molecule has 1 amide bonds. The number of ether oxygens (including phenoxy) is 1. The van der Waals surface area contributed by atoms with Gasteiger partial charge in [0.05, 0.1) is 12.2 Å². The van der Waals surface area contributed by atoms with Crippen molar-refractivity contribution in [1.82, 2.24) is 5.32 Å². The number of aliphatic hydroxyl groups is 1. The Morgan fingerprint density at radius 1 is 1.45 bits per heavy atom. The van der Waals surface area contributed by atoms with Gasteiger partial charge in [0.25, 0.3) is 5.91 Å². The van der Waals surface area contributed by atoms with E-state index in [9.17, 15) is 9.90 Å². The van der Waals surface area contributed by atoms with Gasteiger partial charge in [-0.25, -0.2) is 0 Å². The molecule has 1 aromatic carbocycles. The molecule has 20 heavy (non-hydrogen) atoms. The molecule has 0 unspecified atom stereocenters. The maximum absolute atomic E-state index is 12.0. The molecule has 2 rings (SSSR count). The van der Waals surface area contributed by atoms with E-state index in [-0.39, 0.29) is 5.91 Å². The van der Waals surface area contributed by atoms with Gasteiger partial charge in [-0.15, -0.1) is 0 Å². The SMILES string of the molecule is CC(C)COc1cccc(C(=O)NCC2(O)CCC2)c1. The molecule has 0 atom stereocenters. The molecular formula is C16H23NO3. The van der Waals surface area contributed by atoms with Gasteiger partial charge >= 0.3 is 0 Å². The normalized spacial score (nSPS) is 16.6. The topological polar surface area (TPSA) is 58.6 Å². The number of carbonyl (C=O) groups excluding carboxylic acids is 1. The first-order chi connectivity index (χ1) is 9.48. The Morgan fingerprint density at radius 3 is 2.80 bits per heavy atom. The zero-order valence-electron chi connectivity index (χ0n) is 12.2. The van der Waals surface area contributed by atoms with Crippen molar-refractivity contribution in [1.29, 1.82) is 0 Å². The number of hydrogen-bond acceptors (Lipinski definition) is 3. The van der Waals surface area contributed by atoms with Crippen molar-refractivity contribution in [2.75, 3.05) is 13.2 Å². The smallest absolute Gasteiger partial charge is 0.251 e. The Labute approximate surface area is 120 Å². The van der Waals surface area contributed by atoms with Gasteiger partial charge in [0.1, 0.15) is 5.75 Å². The number of benzene rings is 1. The van der Waals surface area contributed by atoms with Crippen molar-refractivity contribution in [2.45, 2.75) is 38.7 Å². The van der Waals surface area contributed by atoms with Crippen molar-refractivity contribution in [2.24, 2.45) is 5.92 Å². The van der Waals surface area contributed by atoms with Crippen LogP contribution in [0.4, 0.5) is 0 Å². The van der Waals surface area contributed by atoms with Crippen LogP contribution in [0.3, 0.4) is 0 Å². The van der Waals surface area contributed by atoms with Crippen molar-refractivity contribution in [3.05, 3.63) is 29.8 Å². The molecule has 1 aliphatic rings. The molecule has 1 aliphatic carbocycles. The molecule has 0 aromatic heterocycles. The van der Waals surface area contributed by atoms with E-state index in [1.165, 1.54) is 0 Å². The summed E-state index contributed by atoms with van der Waals surface area (Å²) in [6.07, 6.45) is 2.57. The highest BCUT2D eigenvalue weighted by molar-refractivity contribution is 5.94. The molecule has 0 radical (unpaired) electrons. The Morgan fingerprint density at radius 2 is 2.20 bits per heavy atom. The fourth-order valence-corrected chi connectivity index (χ4v) is 2.10. The highest BCUT2D eigenvalue weighted by atomic mass is 16.5. The quantitative estimate of drug-likeness (QED) is 0.839. The maximum Gasteiger partial charge on any atom is 0.251 e. The van der Waals surface area contributed by atoms with Crippen LogP contribution in [0.15, 0.2) is 24.3 Å². The lowest BCUT2D eigenvalue weighted by Crippen LogP contribution is -2.47. The molecule has 1 fully saturated rings.